The van der Waals surface area contributed by atoms with Crippen LogP contribution in [0.3, 0.4) is 0 Å². The van der Waals surface area contributed by atoms with Crippen molar-refractivity contribution in [2.24, 2.45) is 0 Å². The van der Waals surface area contributed by atoms with E-state index >= 15 is 0 Å². The van der Waals surface area contributed by atoms with Crippen molar-refractivity contribution in [1.29, 1.82) is 5.26 Å². The lowest BCUT2D eigenvalue weighted by molar-refractivity contribution is 0.618. The molecule has 0 saturated carbocycles. The van der Waals surface area contributed by atoms with Crippen LogP contribution in [0.15, 0.2) is 40.9 Å². The summed E-state index contributed by atoms with van der Waals surface area (Å²) in [4.78, 5) is 1.52. The van der Waals surface area contributed by atoms with Gasteiger partial charge in [-0.05, 0) is 46.3 Å². The molecular weight excluding hydrogens is 314 g/mol. The number of hydrogen-bond donors (Lipinski definition) is 0. The van der Waals surface area contributed by atoms with E-state index in [1.165, 1.54) is 29.2 Å². The van der Waals surface area contributed by atoms with Gasteiger partial charge in [-0.25, -0.2) is 8.78 Å². The third-order valence-electron chi connectivity index (χ3n) is 2.74. The quantitative estimate of drug-likeness (QED) is 0.821. The highest BCUT2D eigenvalue weighted by atomic mass is 79.9. The van der Waals surface area contributed by atoms with Gasteiger partial charge in [-0.1, -0.05) is 6.07 Å². The minimum Gasteiger partial charge on any atom is -0.342 e. The van der Waals surface area contributed by atoms with Crippen LogP contribution in [-0.2, 0) is 0 Å². The summed E-state index contributed by atoms with van der Waals surface area (Å²) in [5.41, 5.74) is 1.00. The third kappa shape index (κ3) is 2.59. The van der Waals surface area contributed by atoms with E-state index in [1.807, 2.05) is 6.07 Å². The summed E-state index contributed by atoms with van der Waals surface area (Å²) < 4.78 is 27.4. The van der Waals surface area contributed by atoms with Crippen molar-refractivity contribution in [1.82, 2.24) is 0 Å². The van der Waals surface area contributed by atoms with E-state index in [1.54, 1.807) is 19.2 Å². The molecule has 19 heavy (non-hydrogen) atoms. The second kappa shape index (κ2) is 5.37. The molecule has 0 aliphatic rings. The van der Waals surface area contributed by atoms with Gasteiger partial charge in [0.05, 0.1) is 15.7 Å². The summed E-state index contributed by atoms with van der Waals surface area (Å²) in [7, 11) is 1.63. The predicted octanol–water partition coefficient (Wildman–Crippen LogP) is 4.37. The smallest absolute Gasteiger partial charge is 0.162 e. The molecule has 0 atom stereocenters. The van der Waals surface area contributed by atoms with Crippen molar-refractivity contribution in [3.63, 3.8) is 0 Å². The molecule has 0 aliphatic carbocycles. The second-order valence-corrected chi connectivity index (χ2v) is 4.70. The van der Waals surface area contributed by atoms with E-state index in [2.05, 4.69) is 15.9 Å². The van der Waals surface area contributed by atoms with Crippen LogP contribution in [-0.4, -0.2) is 7.05 Å². The maximum absolute atomic E-state index is 14.2. The number of anilines is 2. The first-order chi connectivity index (χ1) is 9.04. The first-order valence-electron chi connectivity index (χ1n) is 5.42. The Balaban J connectivity index is 2.48. The van der Waals surface area contributed by atoms with E-state index in [0.29, 0.717) is 5.69 Å². The molecule has 0 fully saturated rings. The fraction of sp³-hybridized carbons (Fsp3) is 0.0714. The Bertz CT molecular complexity index is 665. The Kier molecular flexibility index (Phi) is 3.82. The Morgan fingerprint density at radius 3 is 2.58 bits per heavy atom. The summed E-state index contributed by atoms with van der Waals surface area (Å²) in [5, 5.41) is 8.82. The normalized spacial score (nSPS) is 10.1. The van der Waals surface area contributed by atoms with E-state index in [9.17, 15) is 8.78 Å². The number of nitrogens with zero attached hydrogens (tertiary/aromatic N) is 2. The van der Waals surface area contributed by atoms with Crippen LogP contribution in [0.1, 0.15) is 5.56 Å². The summed E-state index contributed by atoms with van der Waals surface area (Å²) >= 11 is 3.05. The standard InChI is InChI=1S/C14H9BrF2N2/c1-19(11-4-2-3-10(16)7-11)12-6-5-9(8-18)13(15)14(12)17/h2-7H,1H3. The van der Waals surface area contributed by atoms with Crippen LogP contribution < -0.4 is 4.90 Å². The molecule has 0 N–H and O–H groups in total. The van der Waals surface area contributed by atoms with Gasteiger partial charge in [0.15, 0.2) is 5.82 Å². The van der Waals surface area contributed by atoms with Crippen molar-refractivity contribution in [3.05, 3.63) is 58.1 Å². The Hall–Kier alpha value is -1.93. The number of benzene rings is 2. The summed E-state index contributed by atoms with van der Waals surface area (Å²) in [6.07, 6.45) is 0. The Morgan fingerprint density at radius 1 is 1.21 bits per heavy atom. The molecule has 2 aromatic carbocycles. The van der Waals surface area contributed by atoms with Gasteiger partial charge in [-0.3, -0.25) is 0 Å². The highest BCUT2D eigenvalue weighted by molar-refractivity contribution is 9.10. The minimum absolute atomic E-state index is 0.107. The average Bonchev–Trinajstić information content (AvgIpc) is 2.41. The van der Waals surface area contributed by atoms with Gasteiger partial charge in [-0.15, -0.1) is 0 Å². The molecule has 0 spiro atoms. The number of hydrogen-bond acceptors (Lipinski definition) is 2. The molecule has 0 heterocycles. The first-order valence-corrected chi connectivity index (χ1v) is 6.21. The van der Waals surface area contributed by atoms with Crippen LogP contribution in [0.25, 0.3) is 0 Å². The molecule has 0 amide bonds. The van der Waals surface area contributed by atoms with Gasteiger partial charge in [0, 0.05) is 12.7 Å². The fourth-order valence-corrected chi connectivity index (χ4v) is 2.13. The number of nitriles is 1. The molecule has 0 radical (unpaired) electrons. The predicted molar refractivity (Wildman–Crippen MR) is 73.3 cm³/mol. The largest absolute Gasteiger partial charge is 0.342 e. The molecule has 0 bridgehead atoms. The van der Waals surface area contributed by atoms with Crippen LogP contribution in [0.4, 0.5) is 20.2 Å². The lowest BCUT2D eigenvalue weighted by Gasteiger charge is -2.20. The van der Waals surface area contributed by atoms with Gasteiger partial charge < -0.3 is 4.90 Å². The van der Waals surface area contributed by atoms with Crippen molar-refractivity contribution >= 4 is 27.3 Å². The van der Waals surface area contributed by atoms with Crippen LogP contribution in [0.2, 0.25) is 0 Å². The maximum atomic E-state index is 14.2. The van der Waals surface area contributed by atoms with E-state index in [0.717, 1.165) is 0 Å². The number of rotatable bonds is 2. The molecule has 2 nitrogen and oxygen atoms in total. The Labute approximate surface area is 118 Å². The zero-order valence-electron chi connectivity index (χ0n) is 9.99. The van der Waals surface area contributed by atoms with Gasteiger partial charge in [0.2, 0.25) is 0 Å². The number of halogens is 3. The van der Waals surface area contributed by atoms with E-state index in [4.69, 9.17) is 5.26 Å². The van der Waals surface area contributed by atoms with Gasteiger partial charge in [-0.2, -0.15) is 5.26 Å². The van der Waals surface area contributed by atoms with Crippen LogP contribution in [0, 0.1) is 23.0 Å². The van der Waals surface area contributed by atoms with Crippen molar-refractivity contribution in [3.8, 4) is 6.07 Å². The van der Waals surface area contributed by atoms with Crippen LogP contribution >= 0.6 is 15.9 Å². The monoisotopic (exact) mass is 322 g/mol. The second-order valence-electron chi connectivity index (χ2n) is 3.91. The van der Waals surface area contributed by atoms with Crippen molar-refractivity contribution in [2.45, 2.75) is 0 Å². The zero-order chi connectivity index (χ0) is 14.0. The Morgan fingerprint density at radius 2 is 1.95 bits per heavy atom. The van der Waals surface area contributed by atoms with E-state index < -0.39 is 11.6 Å². The maximum Gasteiger partial charge on any atom is 0.162 e. The molecule has 2 rings (SSSR count). The third-order valence-corrected chi connectivity index (χ3v) is 3.51. The van der Waals surface area contributed by atoms with Crippen molar-refractivity contribution < 1.29 is 8.78 Å². The molecule has 96 valence electrons. The topological polar surface area (TPSA) is 27.0 Å². The lowest BCUT2D eigenvalue weighted by atomic mass is 10.2. The molecule has 2 aromatic rings. The molecule has 0 unspecified atom stereocenters. The molecule has 0 aliphatic heterocycles. The highest BCUT2D eigenvalue weighted by Gasteiger charge is 2.15. The van der Waals surface area contributed by atoms with Crippen LogP contribution in [0.5, 0.6) is 0 Å². The molecule has 0 saturated heterocycles. The SMILES string of the molecule is CN(c1cccc(F)c1)c1ccc(C#N)c(Br)c1F. The molecule has 5 heteroatoms. The average molecular weight is 323 g/mol. The van der Waals surface area contributed by atoms with Crippen molar-refractivity contribution in [2.75, 3.05) is 11.9 Å². The minimum atomic E-state index is -0.550. The van der Waals surface area contributed by atoms with Gasteiger partial charge in [0.25, 0.3) is 0 Å². The molecular formula is C14H9BrF2N2. The summed E-state index contributed by atoms with van der Waals surface area (Å²) in [6.45, 7) is 0. The van der Waals surface area contributed by atoms with Gasteiger partial charge >= 0.3 is 0 Å². The van der Waals surface area contributed by atoms with E-state index in [-0.39, 0.29) is 15.7 Å². The lowest BCUT2D eigenvalue weighted by Crippen LogP contribution is -2.12. The highest BCUT2D eigenvalue weighted by Crippen LogP contribution is 2.32. The molecule has 0 aromatic heterocycles. The zero-order valence-corrected chi connectivity index (χ0v) is 11.6. The van der Waals surface area contributed by atoms with Gasteiger partial charge in [0.1, 0.15) is 11.9 Å². The first kappa shape index (κ1) is 13.5. The fourth-order valence-electron chi connectivity index (χ4n) is 1.71. The summed E-state index contributed by atoms with van der Waals surface area (Å²) in [6, 6.07) is 10.7. The summed E-state index contributed by atoms with van der Waals surface area (Å²) in [5.74, 6) is -0.941.